The molecule has 2 heterocycles. The Balaban J connectivity index is 1.70. The van der Waals surface area contributed by atoms with Crippen LogP contribution in [0.4, 0.5) is 0 Å². The predicted octanol–water partition coefficient (Wildman–Crippen LogP) is 2.17. The fraction of sp³-hybridized carbons (Fsp3) is 0.429. The molecule has 6 heteroatoms. The summed E-state index contributed by atoms with van der Waals surface area (Å²) in [4.78, 5) is 6.71. The molecule has 1 saturated heterocycles. The van der Waals surface area contributed by atoms with Crippen molar-refractivity contribution in [3.63, 3.8) is 0 Å². The smallest absolute Gasteiger partial charge is 0.241 e. The highest BCUT2D eigenvalue weighted by Gasteiger charge is 2.23. The summed E-state index contributed by atoms with van der Waals surface area (Å²) in [6.45, 7) is 3.45. The Kier molecular flexibility index (Phi) is 4.00. The lowest BCUT2D eigenvalue weighted by atomic mass is 10.1. The van der Waals surface area contributed by atoms with Crippen LogP contribution in [0.2, 0.25) is 5.02 Å². The molecular weight excluding hydrogens is 276 g/mol. The lowest BCUT2D eigenvalue weighted by Gasteiger charge is -2.12. The van der Waals surface area contributed by atoms with Crippen molar-refractivity contribution in [1.29, 1.82) is 0 Å². The van der Waals surface area contributed by atoms with Crippen LogP contribution in [0.1, 0.15) is 12.3 Å². The maximum Gasteiger partial charge on any atom is 0.241 e. The van der Waals surface area contributed by atoms with Gasteiger partial charge in [-0.25, -0.2) is 0 Å². The molecule has 1 fully saturated rings. The summed E-state index contributed by atoms with van der Waals surface area (Å²) >= 11 is 6.13. The van der Waals surface area contributed by atoms with Gasteiger partial charge in [0, 0.05) is 12.1 Å². The first-order chi connectivity index (χ1) is 9.76. The number of halogens is 1. The molecule has 2 aromatic rings. The zero-order valence-electron chi connectivity index (χ0n) is 11.1. The average molecular weight is 293 g/mol. The Bertz CT molecular complexity index is 586. The summed E-state index contributed by atoms with van der Waals surface area (Å²) in [5.74, 6) is 1.75. The molecule has 2 N–H and O–H groups in total. The minimum Gasteiger partial charge on any atom is -0.338 e. The molecule has 106 valence electrons. The lowest BCUT2D eigenvalue weighted by molar-refractivity contribution is 0.261. The number of nitrogens with two attached hydrogens (primary N) is 1. The SMILES string of the molecule is NCC1CCN(Cc2nc(-c3ccccc3Cl)no2)C1. The second-order valence-corrected chi connectivity index (χ2v) is 5.52. The Morgan fingerprint density at radius 1 is 1.40 bits per heavy atom. The van der Waals surface area contributed by atoms with Gasteiger partial charge in [-0.2, -0.15) is 4.98 Å². The number of nitrogens with zero attached hydrogens (tertiary/aromatic N) is 3. The molecule has 0 aliphatic carbocycles. The Morgan fingerprint density at radius 2 is 2.25 bits per heavy atom. The van der Waals surface area contributed by atoms with E-state index >= 15 is 0 Å². The van der Waals surface area contributed by atoms with Crippen molar-refractivity contribution < 1.29 is 4.52 Å². The number of benzene rings is 1. The van der Waals surface area contributed by atoms with Gasteiger partial charge in [-0.05, 0) is 37.6 Å². The number of rotatable bonds is 4. The minimum absolute atomic E-state index is 0.542. The molecule has 0 radical (unpaired) electrons. The van der Waals surface area contributed by atoms with E-state index in [-0.39, 0.29) is 0 Å². The fourth-order valence-corrected chi connectivity index (χ4v) is 2.73. The standard InChI is InChI=1S/C14H17ClN4O/c15-12-4-2-1-3-11(12)14-17-13(20-18-14)9-19-6-5-10(7-16)8-19/h1-4,10H,5-9,16H2. The maximum atomic E-state index is 6.13. The first kappa shape index (κ1) is 13.5. The third kappa shape index (κ3) is 2.85. The normalized spacial score (nSPS) is 19.6. The van der Waals surface area contributed by atoms with Crippen LogP contribution in [0.25, 0.3) is 11.4 Å². The van der Waals surface area contributed by atoms with Gasteiger partial charge in [0.25, 0.3) is 0 Å². The second-order valence-electron chi connectivity index (χ2n) is 5.12. The Labute approximate surface area is 122 Å². The van der Waals surface area contributed by atoms with E-state index in [0.717, 1.165) is 31.6 Å². The van der Waals surface area contributed by atoms with E-state index in [4.69, 9.17) is 21.9 Å². The van der Waals surface area contributed by atoms with E-state index in [1.54, 1.807) is 0 Å². The topological polar surface area (TPSA) is 68.2 Å². The largest absolute Gasteiger partial charge is 0.338 e. The quantitative estimate of drug-likeness (QED) is 0.935. The van der Waals surface area contributed by atoms with E-state index in [0.29, 0.717) is 29.2 Å². The monoisotopic (exact) mass is 292 g/mol. The molecule has 1 aromatic heterocycles. The van der Waals surface area contributed by atoms with E-state index in [9.17, 15) is 0 Å². The summed E-state index contributed by atoms with van der Waals surface area (Å²) in [5.41, 5.74) is 6.49. The van der Waals surface area contributed by atoms with E-state index < -0.39 is 0 Å². The van der Waals surface area contributed by atoms with E-state index in [1.165, 1.54) is 0 Å². The first-order valence-corrected chi connectivity index (χ1v) is 7.14. The predicted molar refractivity (Wildman–Crippen MR) is 77.2 cm³/mol. The van der Waals surface area contributed by atoms with Crippen molar-refractivity contribution in [2.45, 2.75) is 13.0 Å². The van der Waals surface area contributed by atoms with Gasteiger partial charge in [-0.1, -0.05) is 28.9 Å². The molecule has 0 bridgehead atoms. The van der Waals surface area contributed by atoms with Crippen LogP contribution < -0.4 is 5.73 Å². The van der Waals surface area contributed by atoms with Crippen molar-refractivity contribution in [1.82, 2.24) is 15.0 Å². The van der Waals surface area contributed by atoms with Gasteiger partial charge in [-0.15, -0.1) is 0 Å². The first-order valence-electron chi connectivity index (χ1n) is 6.76. The summed E-state index contributed by atoms with van der Waals surface area (Å²) < 4.78 is 5.31. The van der Waals surface area contributed by atoms with Crippen LogP contribution >= 0.6 is 11.6 Å². The van der Waals surface area contributed by atoms with E-state index in [1.807, 2.05) is 24.3 Å². The summed E-state index contributed by atoms with van der Waals surface area (Å²) in [5, 5.41) is 4.64. The van der Waals surface area contributed by atoms with Crippen molar-refractivity contribution in [2.24, 2.45) is 11.7 Å². The van der Waals surface area contributed by atoms with Gasteiger partial charge >= 0.3 is 0 Å². The zero-order valence-corrected chi connectivity index (χ0v) is 11.9. The van der Waals surface area contributed by atoms with Crippen molar-refractivity contribution in [3.8, 4) is 11.4 Å². The molecule has 5 nitrogen and oxygen atoms in total. The van der Waals surface area contributed by atoms with Crippen LogP contribution in [0.15, 0.2) is 28.8 Å². The Hall–Kier alpha value is -1.43. The van der Waals surface area contributed by atoms with Crippen LogP contribution in [0.5, 0.6) is 0 Å². The highest BCUT2D eigenvalue weighted by molar-refractivity contribution is 6.33. The van der Waals surface area contributed by atoms with E-state index in [2.05, 4.69) is 15.0 Å². The number of aromatic nitrogens is 2. The third-order valence-electron chi connectivity index (χ3n) is 3.65. The molecule has 1 aliphatic heterocycles. The molecule has 0 spiro atoms. The van der Waals surface area contributed by atoms with Gasteiger partial charge in [-0.3, -0.25) is 4.90 Å². The van der Waals surface area contributed by atoms with Crippen molar-refractivity contribution >= 4 is 11.6 Å². The van der Waals surface area contributed by atoms with Crippen LogP contribution in [-0.4, -0.2) is 34.7 Å². The van der Waals surface area contributed by atoms with Crippen LogP contribution in [-0.2, 0) is 6.54 Å². The zero-order chi connectivity index (χ0) is 13.9. The fourth-order valence-electron chi connectivity index (χ4n) is 2.51. The second kappa shape index (κ2) is 5.91. The van der Waals surface area contributed by atoms with Crippen molar-refractivity contribution in [2.75, 3.05) is 19.6 Å². The van der Waals surface area contributed by atoms with Crippen LogP contribution in [0.3, 0.4) is 0 Å². The Morgan fingerprint density at radius 3 is 3.00 bits per heavy atom. The van der Waals surface area contributed by atoms with Gasteiger partial charge in [0.1, 0.15) is 0 Å². The maximum absolute atomic E-state index is 6.13. The average Bonchev–Trinajstić information content (AvgIpc) is 3.09. The molecule has 1 aromatic carbocycles. The summed E-state index contributed by atoms with van der Waals surface area (Å²) in [6.07, 6.45) is 1.14. The molecule has 1 atom stereocenters. The van der Waals surface area contributed by atoms with Gasteiger partial charge in [0.05, 0.1) is 11.6 Å². The van der Waals surface area contributed by atoms with Crippen molar-refractivity contribution in [3.05, 3.63) is 35.2 Å². The molecule has 20 heavy (non-hydrogen) atoms. The molecule has 0 amide bonds. The number of likely N-dealkylation sites (tertiary alicyclic amines) is 1. The van der Waals surface area contributed by atoms with Gasteiger partial charge < -0.3 is 10.3 Å². The van der Waals surface area contributed by atoms with Crippen LogP contribution in [0, 0.1) is 5.92 Å². The molecular formula is C14H17ClN4O. The molecule has 0 saturated carbocycles. The molecule has 1 unspecified atom stereocenters. The lowest BCUT2D eigenvalue weighted by Crippen LogP contribution is -2.22. The minimum atomic E-state index is 0.542. The van der Waals surface area contributed by atoms with Gasteiger partial charge in [0.2, 0.25) is 11.7 Å². The third-order valence-corrected chi connectivity index (χ3v) is 3.97. The number of hydrogen-bond donors (Lipinski definition) is 1. The number of hydrogen-bond acceptors (Lipinski definition) is 5. The molecule has 3 rings (SSSR count). The molecule has 1 aliphatic rings. The summed E-state index contributed by atoms with van der Waals surface area (Å²) in [6, 6.07) is 7.49. The van der Waals surface area contributed by atoms with Gasteiger partial charge in [0.15, 0.2) is 0 Å². The summed E-state index contributed by atoms with van der Waals surface area (Å²) in [7, 11) is 0. The highest BCUT2D eigenvalue weighted by Crippen LogP contribution is 2.25. The highest BCUT2D eigenvalue weighted by atomic mass is 35.5.